The van der Waals surface area contributed by atoms with Gasteiger partial charge in [-0.25, -0.2) is 14.4 Å². The van der Waals surface area contributed by atoms with Crippen LogP contribution in [0.15, 0.2) is 36.4 Å². The third-order valence-corrected chi connectivity index (χ3v) is 4.37. The first-order chi connectivity index (χ1) is 10.1. The summed E-state index contributed by atoms with van der Waals surface area (Å²) >= 11 is 1.43. The van der Waals surface area contributed by atoms with Gasteiger partial charge in [-0.3, -0.25) is 0 Å². The van der Waals surface area contributed by atoms with Crippen molar-refractivity contribution in [3.05, 3.63) is 42.2 Å². The van der Waals surface area contributed by atoms with Gasteiger partial charge in [0.05, 0.1) is 15.7 Å². The highest BCUT2D eigenvalue weighted by molar-refractivity contribution is 7.22. The van der Waals surface area contributed by atoms with Gasteiger partial charge in [-0.1, -0.05) is 17.4 Å². The van der Waals surface area contributed by atoms with E-state index in [0.717, 1.165) is 27.1 Å². The van der Waals surface area contributed by atoms with E-state index in [4.69, 9.17) is 5.73 Å². The minimum absolute atomic E-state index is 0.308. The quantitative estimate of drug-likeness (QED) is 0.584. The maximum Gasteiger partial charge on any atom is 0.181 e. The molecule has 0 aliphatic heterocycles. The summed E-state index contributed by atoms with van der Waals surface area (Å²) in [5.74, 6) is 0.418. The summed E-state index contributed by atoms with van der Waals surface area (Å²) in [5.41, 5.74) is 8.67. The lowest BCUT2D eigenvalue weighted by Crippen LogP contribution is -1.92. The molecule has 0 amide bonds. The van der Waals surface area contributed by atoms with Crippen LogP contribution in [0.5, 0.6) is 0 Å². The summed E-state index contributed by atoms with van der Waals surface area (Å²) in [6.45, 7) is 0. The standard InChI is InChI=1S/C15H11FN4S/c1-20-11-4-2-3-9(16)13(11)19-14(20)8-5-6-10-12(7-8)21-15(17)18-10/h2-7H,1H3,(H2,17,18). The van der Waals surface area contributed by atoms with E-state index in [-0.39, 0.29) is 5.82 Å². The van der Waals surface area contributed by atoms with Crippen LogP contribution in [-0.4, -0.2) is 14.5 Å². The number of nitrogens with zero attached hydrogens (tertiary/aromatic N) is 3. The van der Waals surface area contributed by atoms with Gasteiger partial charge >= 0.3 is 0 Å². The molecular weight excluding hydrogens is 287 g/mol. The van der Waals surface area contributed by atoms with Crippen LogP contribution in [0.1, 0.15) is 0 Å². The van der Waals surface area contributed by atoms with Crippen LogP contribution in [0, 0.1) is 5.82 Å². The number of hydrogen-bond acceptors (Lipinski definition) is 4. The van der Waals surface area contributed by atoms with Crippen LogP contribution in [0.4, 0.5) is 9.52 Å². The highest BCUT2D eigenvalue weighted by atomic mass is 32.1. The fraction of sp³-hybridized carbons (Fsp3) is 0.0667. The maximum absolute atomic E-state index is 13.9. The van der Waals surface area contributed by atoms with Crippen molar-refractivity contribution < 1.29 is 4.39 Å². The van der Waals surface area contributed by atoms with Gasteiger partial charge in [0, 0.05) is 12.6 Å². The highest BCUT2D eigenvalue weighted by Gasteiger charge is 2.13. The molecule has 0 atom stereocenters. The van der Waals surface area contributed by atoms with Gasteiger partial charge in [0.15, 0.2) is 10.9 Å². The summed E-state index contributed by atoms with van der Waals surface area (Å²) in [6.07, 6.45) is 0. The zero-order chi connectivity index (χ0) is 14.6. The lowest BCUT2D eigenvalue weighted by atomic mass is 10.2. The van der Waals surface area contributed by atoms with E-state index in [9.17, 15) is 4.39 Å². The number of aryl methyl sites for hydroxylation is 1. The Bertz CT molecular complexity index is 986. The van der Waals surface area contributed by atoms with E-state index in [2.05, 4.69) is 9.97 Å². The van der Waals surface area contributed by atoms with Gasteiger partial charge in [0.25, 0.3) is 0 Å². The van der Waals surface area contributed by atoms with Crippen molar-refractivity contribution in [1.82, 2.24) is 14.5 Å². The minimum Gasteiger partial charge on any atom is -0.375 e. The van der Waals surface area contributed by atoms with Gasteiger partial charge in [-0.05, 0) is 30.3 Å². The number of imidazole rings is 1. The number of halogens is 1. The van der Waals surface area contributed by atoms with Crippen molar-refractivity contribution in [3.63, 3.8) is 0 Å². The summed E-state index contributed by atoms with van der Waals surface area (Å²) in [4.78, 5) is 8.67. The van der Waals surface area contributed by atoms with Crippen molar-refractivity contribution in [2.24, 2.45) is 7.05 Å². The molecule has 0 radical (unpaired) electrons. The molecule has 0 saturated carbocycles. The van der Waals surface area contributed by atoms with Crippen molar-refractivity contribution in [2.45, 2.75) is 0 Å². The van der Waals surface area contributed by atoms with E-state index in [1.165, 1.54) is 17.4 Å². The highest BCUT2D eigenvalue weighted by Crippen LogP contribution is 2.30. The number of nitrogen functional groups attached to an aromatic ring is 1. The molecule has 2 aromatic carbocycles. The second-order valence-electron chi connectivity index (χ2n) is 4.84. The van der Waals surface area contributed by atoms with Crippen LogP contribution < -0.4 is 5.73 Å². The van der Waals surface area contributed by atoms with E-state index in [1.54, 1.807) is 6.07 Å². The molecule has 104 valence electrons. The number of anilines is 1. The first-order valence-corrected chi connectivity index (χ1v) is 7.22. The SMILES string of the molecule is Cn1c(-c2ccc3nc(N)sc3c2)nc2c(F)cccc21. The number of hydrogen-bond donors (Lipinski definition) is 1. The monoisotopic (exact) mass is 298 g/mol. The molecule has 0 unspecified atom stereocenters. The molecule has 2 N–H and O–H groups in total. The molecule has 0 aliphatic carbocycles. The number of rotatable bonds is 1. The van der Waals surface area contributed by atoms with Crippen molar-refractivity contribution in [3.8, 4) is 11.4 Å². The van der Waals surface area contributed by atoms with Gasteiger partial charge in [0.2, 0.25) is 0 Å². The Kier molecular flexibility index (Phi) is 2.49. The Balaban J connectivity index is 1.99. The van der Waals surface area contributed by atoms with Crippen LogP contribution in [0.2, 0.25) is 0 Å². The Morgan fingerprint density at radius 3 is 2.86 bits per heavy atom. The minimum atomic E-state index is -0.308. The zero-order valence-electron chi connectivity index (χ0n) is 11.2. The average molecular weight is 298 g/mol. The molecule has 2 aromatic heterocycles. The van der Waals surface area contributed by atoms with Crippen LogP contribution >= 0.6 is 11.3 Å². The Labute approximate surface area is 123 Å². The second kappa shape index (κ2) is 4.26. The molecule has 21 heavy (non-hydrogen) atoms. The molecule has 2 heterocycles. The summed E-state index contributed by atoms with van der Waals surface area (Å²) < 4.78 is 16.7. The molecular formula is C15H11FN4S. The number of aromatic nitrogens is 3. The molecule has 6 heteroatoms. The van der Waals surface area contributed by atoms with Gasteiger partial charge in [-0.2, -0.15) is 0 Å². The number of para-hydroxylation sites is 1. The lowest BCUT2D eigenvalue weighted by molar-refractivity contribution is 0.637. The topological polar surface area (TPSA) is 56.7 Å². The summed E-state index contributed by atoms with van der Waals surface area (Å²) in [6, 6.07) is 10.8. The molecule has 0 spiro atoms. The molecule has 0 fully saturated rings. The molecule has 0 aliphatic rings. The molecule has 0 saturated heterocycles. The largest absolute Gasteiger partial charge is 0.375 e. The summed E-state index contributed by atoms with van der Waals surface area (Å²) in [5, 5.41) is 0.540. The zero-order valence-corrected chi connectivity index (χ0v) is 12.0. The fourth-order valence-corrected chi connectivity index (χ4v) is 3.29. The lowest BCUT2D eigenvalue weighted by Gasteiger charge is -2.02. The van der Waals surface area contributed by atoms with Gasteiger partial charge in [0.1, 0.15) is 11.3 Å². The van der Waals surface area contributed by atoms with Crippen molar-refractivity contribution >= 4 is 37.7 Å². The van der Waals surface area contributed by atoms with Crippen LogP contribution in [-0.2, 0) is 7.05 Å². The number of nitrogens with two attached hydrogens (primary N) is 1. The number of thiazole rings is 1. The first-order valence-electron chi connectivity index (χ1n) is 6.41. The predicted octanol–water partition coefficient (Wildman–Crippen LogP) is 3.57. The van der Waals surface area contributed by atoms with E-state index < -0.39 is 0 Å². The molecule has 4 aromatic rings. The predicted molar refractivity (Wildman–Crippen MR) is 83.7 cm³/mol. The molecule has 0 bridgehead atoms. The van der Waals surface area contributed by atoms with Crippen LogP contribution in [0.3, 0.4) is 0 Å². The Morgan fingerprint density at radius 2 is 2.05 bits per heavy atom. The maximum atomic E-state index is 13.9. The second-order valence-corrected chi connectivity index (χ2v) is 5.90. The smallest absolute Gasteiger partial charge is 0.181 e. The van der Waals surface area contributed by atoms with E-state index >= 15 is 0 Å². The van der Waals surface area contributed by atoms with Gasteiger partial charge in [-0.15, -0.1) is 0 Å². The fourth-order valence-electron chi connectivity index (χ4n) is 2.52. The van der Waals surface area contributed by atoms with E-state index in [1.807, 2.05) is 35.9 Å². The Hall–Kier alpha value is -2.47. The number of benzene rings is 2. The number of fused-ring (bicyclic) bond motifs is 2. The summed E-state index contributed by atoms with van der Waals surface area (Å²) in [7, 11) is 1.88. The van der Waals surface area contributed by atoms with Gasteiger partial charge < -0.3 is 10.3 Å². The third-order valence-electron chi connectivity index (χ3n) is 3.53. The first kappa shape index (κ1) is 12.3. The van der Waals surface area contributed by atoms with Crippen molar-refractivity contribution in [2.75, 3.05) is 5.73 Å². The average Bonchev–Trinajstić information content (AvgIpc) is 2.99. The van der Waals surface area contributed by atoms with Crippen molar-refractivity contribution in [1.29, 1.82) is 0 Å². The van der Waals surface area contributed by atoms with Crippen LogP contribution in [0.25, 0.3) is 32.6 Å². The molecule has 4 rings (SSSR count). The Morgan fingerprint density at radius 1 is 1.19 bits per heavy atom. The normalized spacial score (nSPS) is 11.5. The van der Waals surface area contributed by atoms with E-state index in [0.29, 0.717) is 10.6 Å². The molecule has 4 nitrogen and oxygen atoms in total. The third kappa shape index (κ3) is 1.80.